The van der Waals surface area contributed by atoms with Crippen molar-refractivity contribution in [3.8, 4) is 5.75 Å². The summed E-state index contributed by atoms with van der Waals surface area (Å²) in [4.78, 5) is 13.2. The van der Waals surface area contributed by atoms with Crippen LogP contribution in [0.3, 0.4) is 0 Å². The molecule has 2 aromatic carbocycles. The fourth-order valence-corrected chi connectivity index (χ4v) is 3.06. The molecule has 2 heterocycles. The molecule has 124 valence electrons. The van der Waals surface area contributed by atoms with Crippen molar-refractivity contribution in [2.75, 3.05) is 7.11 Å². The van der Waals surface area contributed by atoms with Crippen LogP contribution in [0, 0.1) is 0 Å². The number of benzene rings is 2. The van der Waals surface area contributed by atoms with Crippen molar-refractivity contribution in [1.82, 2.24) is 9.97 Å². The number of hydrogen-bond acceptors (Lipinski definition) is 4. The third-order valence-corrected chi connectivity index (χ3v) is 4.48. The van der Waals surface area contributed by atoms with E-state index in [0.29, 0.717) is 0 Å². The van der Waals surface area contributed by atoms with Gasteiger partial charge in [0.15, 0.2) is 0 Å². The predicted octanol–water partition coefficient (Wildman–Crippen LogP) is 3.95. The highest BCUT2D eigenvalue weighted by Gasteiger charge is 2.17. The third kappa shape index (κ3) is 3.43. The fourth-order valence-electron chi connectivity index (χ4n) is 3.06. The van der Waals surface area contributed by atoms with Crippen molar-refractivity contribution < 1.29 is 4.74 Å². The first-order valence-electron chi connectivity index (χ1n) is 8.40. The van der Waals surface area contributed by atoms with Crippen molar-refractivity contribution in [2.45, 2.75) is 19.3 Å². The van der Waals surface area contributed by atoms with E-state index in [0.717, 1.165) is 42.1 Å². The highest BCUT2D eigenvalue weighted by Crippen LogP contribution is 2.29. The second kappa shape index (κ2) is 6.85. The lowest BCUT2D eigenvalue weighted by molar-refractivity contribution is 0.414. The van der Waals surface area contributed by atoms with Gasteiger partial charge in [-0.05, 0) is 47.7 Å². The Morgan fingerprint density at radius 2 is 1.76 bits per heavy atom. The smallest absolute Gasteiger partial charge is 0.118 e. The molecule has 0 aliphatic carbocycles. The van der Waals surface area contributed by atoms with E-state index in [2.05, 4.69) is 40.3 Å². The molecule has 25 heavy (non-hydrogen) atoms. The summed E-state index contributed by atoms with van der Waals surface area (Å²) in [6, 6.07) is 14.9. The SMILES string of the molecule is COc1ccc(CCc2ccc3c(c2)N=C(c2cnccn2)C3)cc1. The number of ether oxygens (including phenoxy) is 1. The Balaban J connectivity index is 1.47. The summed E-state index contributed by atoms with van der Waals surface area (Å²) < 4.78 is 5.20. The maximum atomic E-state index is 5.20. The normalized spacial score (nSPS) is 12.6. The van der Waals surface area contributed by atoms with Gasteiger partial charge in [0.1, 0.15) is 11.4 Å². The molecule has 4 nitrogen and oxygen atoms in total. The minimum absolute atomic E-state index is 0.826. The number of nitrogens with zero attached hydrogens (tertiary/aromatic N) is 3. The van der Waals surface area contributed by atoms with Gasteiger partial charge in [-0.15, -0.1) is 0 Å². The van der Waals surface area contributed by atoms with E-state index in [4.69, 9.17) is 9.73 Å². The van der Waals surface area contributed by atoms with Crippen LogP contribution in [0.2, 0.25) is 0 Å². The minimum Gasteiger partial charge on any atom is -0.497 e. The van der Waals surface area contributed by atoms with Crippen molar-refractivity contribution in [3.05, 3.63) is 83.4 Å². The van der Waals surface area contributed by atoms with Gasteiger partial charge in [-0.2, -0.15) is 0 Å². The maximum absolute atomic E-state index is 5.20. The summed E-state index contributed by atoms with van der Waals surface area (Å²) in [5.74, 6) is 0.896. The molecular weight excluding hydrogens is 310 g/mol. The number of fused-ring (bicyclic) bond motifs is 1. The van der Waals surface area contributed by atoms with Crippen LogP contribution in [0.25, 0.3) is 0 Å². The standard InChI is InChI=1S/C21H19N3O/c1-25-18-8-5-15(6-9-18)2-3-16-4-7-17-13-20(24-19(17)12-16)21-14-22-10-11-23-21/h4-12,14H,2-3,13H2,1H3. The summed E-state index contributed by atoms with van der Waals surface area (Å²) in [7, 11) is 1.69. The van der Waals surface area contributed by atoms with E-state index in [9.17, 15) is 0 Å². The highest BCUT2D eigenvalue weighted by molar-refractivity contribution is 6.05. The van der Waals surface area contributed by atoms with E-state index >= 15 is 0 Å². The van der Waals surface area contributed by atoms with E-state index in [1.807, 2.05) is 12.1 Å². The predicted molar refractivity (Wildman–Crippen MR) is 98.8 cm³/mol. The van der Waals surface area contributed by atoms with Crippen LogP contribution in [-0.2, 0) is 19.3 Å². The van der Waals surface area contributed by atoms with Gasteiger partial charge in [0.2, 0.25) is 0 Å². The highest BCUT2D eigenvalue weighted by atomic mass is 16.5. The van der Waals surface area contributed by atoms with E-state index in [-0.39, 0.29) is 0 Å². The Morgan fingerprint density at radius 3 is 2.52 bits per heavy atom. The first-order chi connectivity index (χ1) is 12.3. The van der Waals surface area contributed by atoms with Gasteiger partial charge in [-0.3, -0.25) is 15.0 Å². The van der Waals surface area contributed by atoms with Gasteiger partial charge < -0.3 is 4.74 Å². The molecule has 0 unspecified atom stereocenters. The quantitative estimate of drug-likeness (QED) is 0.712. The molecule has 0 N–H and O–H groups in total. The summed E-state index contributed by atoms with van der Waals surface area (Å²) in [6.45, 7) is 0. The molecule has 0 radical (unpaired) electrons. The Bertz CT molecular complexity index is 902. The lowest BCUT2D eigenvalue weighted by Crippen LogP contribution is -2.03. The maximum Gasteiger partial charge on any atom is 0.118 e. The molecule has 0 saturated carbocycles. The fraction of sp³-hybridized carbons (Fsp3) is 0.190. The molecule has 0 fully saturated rings. The molecule has 0 amide bonds. The van der Waals surface area contributed by atoms with Crippen molar-refractivity contribution in [1.29, 1.82) is 0 Å². The third-order valence-electron chi connectivity index (χ3n) is 4.48. The van der Waals surface area contributed by atoms with Crippen LogP contribution in [0.4, 0.5) is 5.69 Å². The van der Waals surface area contributed by atoms with Crippen LogP contribution < -0.4 is 4.74 Å². The molecular formula is C21H19N3O. The number of rotatable bonds is 5. The molecule has 3 aromatic rings. The average Bonchev–Trinajstić information content (AvgIpc) is 3.11. The second-order valence-corrected chi connectivity index (χ2v) is 6.14. The Kier molecular flexibility index (Phi) is 4.25. The van der Waals surface area contributed by atoms with Gasteiger partial charge in [0.05, 0.1) is 24.7 Å². The molecule has 4 rings (SSSR count). The molecule has 0 atom stereocenters. The molecule has 0 saturated heterocycles. The average molecular weight is 329 g/mol. The van der Waals surface area contributed by atoms with Crippen molar-refractivity contribution in [2.24, 2.45) is 4.99 Å². The summed E-state index contributed by atoms with van der Waals surface area (Å²) >= 11 is 0. The lowest BCUT2D eigenvalue weighted by atomic mass is 10.0. The molecule has 0 bridgehead atoms. The van der Waals surface area contributed by atoms with Crippen molar-refractivity contribution in [3.63, 3.8) is 0 Å². The minimum atomic E-state index is 0.826. The number of methoxy groups -OCH3 is 1. The monoisotopic (exact) mass is 329 g/mol. The zero-order valence-corrected chi connectivity index (χ0v) is 14.1. The molecule has 0 spiro atoms. The number of aromatic nitrogens is 2. The summed E-state index contributed by atoms with van der Waals surface area (Å²) in [5.41, 5.74) is 6.79. The number of aliphatic imine (C=N–C) groups is 1. The zero-order chi connectivity index (χ0) is 17.1. The van der Waals surface area contributed by atoms with Crippen LogP contribution in [0.15, 0.2) is 66.0 Å². The molecule has 1 aliphatic rings. The number of hydrogen-bond donors (Lipinski definition) is 0. The first-order valence-corrected chi connectivity index (χ1v) is 8.40. The van der Waals surface area contributed by atoms with E-state index < -0.39 is 0 Å². The van der Waals surface area contributed by atoms with Crippen LogP contribution in [-0.4, -0.2) is 22.8 Å². The largest absolute Gasteiger partial charge is 0.497 e. The topological polar surface area (TPSA) is 47.4 Å². The Morgan fingerprint density at radius 1 is 0.960 bits per heavy atom. The summed E-state index contributed by atoms with van der Waals surface area (Å²) in [6.07, 6.45) is 7.99. The van der Waals surface area contributed by atoms with Crippen molar-refractivity contribution >= 4 is 11.4 Å². The number of aryl methyl sites for hydroxylation is 2. The Labute approximate surface area is 147 Å². The first kappa shape index (κ1) is 15.5. The molecule has 1 aliphatic heterocycles. The van der Waals surface area contributed by atoms with Gasteiger partial charge in [0, 0.05) is 18.8 Å². The zero-order valence-electron chi connectivity index (χ0n) is 14.1. The van der Waals surface area contributed by atoms with Crippen LogP contribution >= 0.6 is 0 Å². The molecule has 4 heteroatoms. The van der Waals surface area contributed by atoms with Crippen LogP contribution in [0.1, 0.15) is 22.4 Å². The molecule has 1 aromatic heterocycles. The van der Waals surface area contributed by atoms with E-state index in [1.165, 1.54) is 16.7 Å². The van der Waals surface area contributed by atoms with Gasteiger partial charge >= 0.3 is 0 Å². The van der Waals surface area contributed by atoms with E-state index in [1.54, 1.807) is 25.7 Å². The Hall–Kier alpha value is -3.01. The van der Waals surface area contributed by atoms with Crippen LogP contribution in [0.5, 0.6) is 5.75 Å². The van der Waals surface area contributed by atoms with Gasteiger partial charge in [0.25, 0.3) is 0 Å². The van der Waals surface area contributed by atoms with Gasteiger partial charge in [-0.25, -0.2) is 0 Å². The lowest BCUT2D eigenvalue weighted by Gasteiger charge is -2.05. The summed E-state index contributed by atoms with van der Waals surface area (Å²) in [5, 5.41) is 0. The van der Waals surface area contributed by atoms with Gasteiger partial charge in [-0.1, -0.05) is 24.3 Å². The second-order valence-electron chi connectivity index (χ2n) is 6.14.